The Morgan fingerprint density at radius 1 is 1.41 bits per heavy atom. The second-order valence-corrected chi connectivity index (χ2v) is 6.85. The second-order valence-electron chi connectivity index (χ2n) is 5.99. The summed E-state index contributed by atoms with van der Waals surface area (Å²) >= 11 is 1.30. The summed E-state index contributed by atoms with van der Waals surface area (Å²) < 4.78 is 12.3. The van der Waals surface area contributed by atoms with Crippen LogP contribution in [-0.4, -0.2) is 48.2 Å². The van der Waals surface area contributed by atoms with E-state index in [2.05, 4.69) is 21.4 Å². The molecule has 0 aliphatic carbocycles. The highest BCUT2D eigenvalue weighted by Gasteiger charge is 2.19. The highest BCUT2D eigenvalue weighted by Crippen LogP contribution is 2.18. The van der Waals surface area contributed by atoms with E-state index in [0.717, 1.165) is 24.4 Å². The van der Waals surface area contributed by atoms with E-state index in [9.17, 15) is 9.59 Å². The molecule has 0 unspecified atom stereocenters. The number of ether oxygens (including phenoxy) is 2. The van der Waals surface area contributed by atoms with E-state index in [4.69, 9.17) is 9.47 Å². The molecule has 7 nitrogen and oxygen atoms in total. The van der Waals surface area contributed by atoms with Gasteiger partial charge in [0.15, 0.2) is 17.4 Å². The number of rotatable bonds is 11. The van der Waals surface area contributed by atoms with Crippen molar-refractivity contribution in [2.75, 3.05) is 32.2 Å². The predicted molar refractivity (Wildman–Crippen MR) is 106 cm³/mol. The van der Waals surface area contributed by atoms with E-state index in [1.165, 1.54) is 11.3 Å². The van der Waals surface area contributed by atoms with Gasteiger partial charge in [0.05, 0.1) is 0 Å². The largest absolute Gasteiger partial charge is 0.453 e. The van der Waals surface area contributed by atoms with Crippen LogP contribution in [0.25, 0.3) is 0 Å². The van der Waals surface area contributed by atoms with Crippen LogP contribution in [0.5, 0.6) is 0 Å². The molecule has 0 amide bonds. The van der Waals surface area contributed by atoms with Gasteiger partial charge in [-0.05, 0) is 26.3 Å². The Bertz CT molecular complexity index is 810. The molecule has 0 aromatic carbocycles. The highest BCUT2D eigenvalue weighted by molar-refractivity contribution is 7.13. The van der Waals surface area contributed by atoms with E-state index in [1.54, 1.807) is 18.6 Å². The van der Waals surface area contributed by atoms with Crippen LogP contribution in [-0.2, 0) is 16.0 Å². The van der Waals surface area contributed by atoms with E-state index >= 15 is 0 Å². The van der Waals surface area contributed by atoms with Crippen LogP contribution in [0, 0.1) is 13.8 Å². The molecule has 146 valence electrons. The van der Waals surface area contributed by atoms with Crippen molar-refractivity contribution in [3.8, 4) is 0 Å². The number of esters is 1. The summed E-state index contributed by atoms with van der Waals surface area (Å²) in [4.78, 5) is 28.7. The molecule has 1 N–H and O–H groups in total. The fourth-order valence-corrected chi connectivity index (χ4v) is 3.38. The smallest absolute Gasteiger partial charge is 0.358 e. The van der Waals surface area contributed by atoms with Crippen LogP contribution in [0.4, 0.5) is 5.13 Å². The van der Waals surface area contributed by atoms with Gasteiger partial charge in [0, 0.05) is 49.1 Å². The Hall–Kier alpha value is -2.45. The summed E-state index contributed by atoms with van der Waals surface area (Å²) in [5.74, 6) is -0.838. The minimum atomic E-state index is -0.611. The molecule has 0 aliphatic heterocycles. The minimum Gasteiger partial charge on any atom is -0.453 e. The van der Waals surface area contributed by atoms with Gasteiger partial charge in [-0.1, -0.05) is 6.08 Å². The molecule has 0 bridgehead atoms. The van der Waals surface area contributed by atoms with Gasteiger partial charge in [-0.3, -0.25) is 4.79 Å². The number of carbonyl (C=O) groups is 2. The normalized spacial score (nSPS) is 10.6. The molecule has 27 heavy (non-hydrogen) atoms. The van der Waals surface area contributed by atoms with Crippen molar-refractivity contribution < 1.29 is 19.1 Å². The number of aryl methyl sites for hydroxylation is 1. The number of anilines is 1. The molecular formula is C19H25N3O4S. The molecule has 0 atom stereocenters. The van der Waals surface area contributed by atoms with Crippen LogP contribution in [0.2, 0.25) is 0 Å². The molecular weight excluding hydrogens is 366 g/mol. The lowest BCUT2D eigenvalue weighted by Crippen LogP contribution is -2.15. The fourth-order valence-electron chi connectivity index (χ4n) is 2.69. The highest BCUT2D eigenvalue weighted by atomic mass is 32.1. The third kappa shape index (κ3) is 5.51. The number of hydrogen-bond donors (Lipinski definition) is 1. The molecule has 2 aromatic heterocycles. The Labute approximate surface area is 163 Å². The summed E-state index contributed by atoms with van der Waals surface area (Å²) in [7, 11) is 1.67. The van der Waals surface area contributed by atoms with Crippen LogP contribution in [0.3, 0.4) is 0 Å². The van der Waals surface area contributed by atoms with Crippen molar-refractivity contribution in [1.29, 1.82) is 0 Å². The average molecular weight is 391 g/mol. The number of nitrogens with one attached hydrogen (secondary N) is 1. The van der Waals surface area contributed by atoms with Crippen LogP contribution in [0.1, 0.15) is 38.7 Å². The van der Waals surface area contributed by atoms with Crippen molar-refractivity contribution in [3.63, 3.8) is 0 Å². The van der Waals surface area contributed by atoms with Crippen molar-refractivity contribution in [3.05, 3.63) is 46.7 Å². The minimum absolute atomic E-state index is 0.185. The molecule has 0 saturated heterocycles. The molecule has 0 radical (unpaired) electrons. The third-order valence-electron chi connectivity index (χ3n) is 4.05. The maximum absolute atomic E-state index is 12.5. The summed E-state index contributed by atoms with van der Waals surface area (Å²) in [5.41, 5.74) is 2.62. The number of carbonyl (C=O) groups excluding carboxylic acids is 2. The SMILES string of the molecule is C=CCNc1nc(C(=O)OCC(=O)c2cc(C)n(CCCOC)c2C)cs1. The Morgan fingerprint density at radius 3 is 2.89 bits per heavy atom. The number of methoxy groups -OCH3 is 1. The van der Waals surface area contributed by atoms with Gasteiger partial charge >= 0.3 is 5.97 Å². The molecule has 2 aromatic rings. The van der Waals surface area contributed by atoms with Crippen molar-refractivity contribution in [2.45, 2.75) is 26.8 Å². The van der Waals surface area contributed by atoms with E-state index in [1.807, 2.05) is 19.9 Å². The third-order valence-corrected chi connectivity index (χ3v) is 4.85. The second kappa shape index (κ2) is 10.0. The number of nitrogens with zero attached hydrogens (tertiary/aromatic N) is 2. The van der Waals surface area contributed by atoms with Gasteiger partial charge in [0.2, 0.25) is 5.78 Å². The Balaban J connectivity index is 1.95. The molecule has 0 spiro atoms. The number of Topliss-reactive ketones (excluding diaryl/α,β-unsaturated/α-hetero) is 1. The van der Waals surface area contributed by atoms with Gasteiger partial charge in [-0.25, -0.2) is 9.78 Å². The maximum Gasteiger partial charge on any atom is 0.358 e. The fraction of sp³-hybridized carbons (Fsp3) is 0.421. The lowest BCUT2D eigenvalue weighted by molar-refractivity contribution is 0.0469. The van der Waals surface area contributed by atoms with Crippen molar-refractivity contribution in [1.82, 2.24) is 9.55 Å². The first-order valence-electron chi connectivity index (χ1n) is 8.64. The Kier molecular flexibility index (Phi) is 7.75. The number of thiazole rings is 1. The average Bonchev–Trinajstić information content (AvgIpc) is 3.24. The Morgan fingerprint density at radius 2 is 2.19 bits per heavy atom. The lowest BCUT2D eigenvalue weighted by atomic mass is 10.1. The summed E-state index contributed by atoms with van der Waals surface area (Å²) in [6.07, 6.45) is 2.56. The predicted octanol–water partition coefficient (Wildman–Crippen LogP) is 3.24. The van der Waals surface area contributed by atoms with Gasteiger partial charge in [-0.2, -0.15) is 0 Å². The molecule has 0 aliphatic rings. The number of ketones is 1. The standard InChI is InChI=1S/C19H25N3O4S/c1-5-7-20-19-21-16(12-27-19)18(24)26-11-17(23)15-10-13(2)22(14(15)3)8-6-9-25-4/h5,10,12H,1,6-9,11H2,2-4H3,(H,20,21). The quantitative estimate of drug-likeness (QED) is 0.274. The van der Waals surface area contributed by atoms with Crippen molar-refractivity contribution in [2.24, 2.45) is 0 Å². The summed E-state index contributed by atoms with van der Waals surface area (Å²) in [6, 6.07) is 1.83. The first-order chi connectivity index (χ1) is 13.0. The zero-order valence-electron chi connectivity index (χ0n) is 15.9. The topological polar surface area (TPSA) is 82.5 Å². The van der Waals surface area contributed by atoms with Crippen molar-refractivity contribution >= 4 is 28.2 Å². The summed E-state index contributed by atoms with van der Waals surface area (Å²) in [6.45, 7) is 9.14. The zero-order valence-corrected chi connectivity index (χ0v) is 16.7. The van der Waals surface area contributed by atoms with Crippen LogP contribution >= 0.6 is 11.3 Å². The molecule has 2 rings (SSSR count). The molecule has 0 fully saturated rings. The summed E-state index contributed by atoms with van der Waals surface area (Å²) in [5, 5.41) is 5.20. The van der Waals surface area contributed by atoms with Crippen LogP contribution < -0.4 is 5.32 Å². The number of hydrogen-bond acceptors (Lipinski definition) is 7. The van der Waals surface area contributed by atoms with Gasteiger partial charge in [0.25, 0.3) is 0 Å². The van der Waals surface area contributed by atoms with E-state index in [0.29, 0.717) is 23.8 Å². The first kappa shape index (κ1) is 20.9. The molecule has 8 heteroatoms. The van der Waals surface area contributed by atoms with Crippen LogP contribution in [0.15, 0.2) is 24.1 Å². The van der Waals surface area contributed by atoms with Gasteiger partial charge < -0.3 is 19.4 Å². The van der Waals surface area contributed by atoms with Gasteiger partial charge in [0.1, 0.15) is 0 Å². The molecule has 0 saturated carbocycles. The lowest BCUT2D eigenvalue weighted by Gasteiger charge is -2.09. The monoisotopic (exact) mass is 391 g/mol. The number of aromatic nitrogens is 2. The first-order valence-corrected chi connectivity index (χ1v) is 9.52. The van der Waals surface area contributed by atoms with Gasteiger partial charge in [-0.15, -0.1) is 17.9 Å². The zero-order chi connectivity index (χ0) is 19.8. The van der Waals surface area contributed by atoms with E-state index < -0.39 is 5.97 Å². The maximum atomic E-state index is 12.5. The molecule has 2 heterocycles. The van der Waals surface area contributed by atoms with E-state index in [-0.39, 0.29) is 18.1 Å².